The van der Waals surface area contributed by atoms with Gasteiger partial charge in [-0.05, 0) is 16.3 Å². The molecule has 0 bridgehead atoms. The van der Waals surface area contributed by atoms with E-state index in [9.17, 15) is 0 Å². The van der Waals surface area contributed by atoms with Crippen molar-refractivity contribution in [2.75, 3.05) is 20.3 Å². The van der Waals surface area contributed by atoms with Crippen LogP contribution in [0.1, 0.15) is 6.92 Å². The molecule has 0 aliphatic rings. The fourth-order valence-corrected chi connectivity index (χ4v) is 0.953. The molecule has 0 aromatic rings. The van der Waals surface area contributed by atoms with Gasteiger partial charge in [-0.2, -0.15) is 0 Å². The zero-order valence-electron chi connectivity index (χ0n) is 6.69. The quantitative estimate of drug-likeness (QED) is 0.481. The predicted octanol–water partition coefficient (Wildman–Crippen LogP) is 1.85. The Hall–Kier alpha value is 0.410. The molecule has 0 spiro atoms. The number of rotatable bonds is 6. The van der Waals surface area contributed by atoms with E-state index in [0.717, 1.165) is 0 Å². The van der Waals surface area contributed by atoms with Gasteiger partial charge in [0, 0.05) is 13.7 Å². The minimum atomic E-state index is -0.278. The smallest absolute Gasteiger partial charge is 0.181 e. The van der Waals surface area contributed by atoms with Crippen molar-refractivity contribution in [1.29, 1.82) is 0 Å². The minimum absolute atomic E-state index is 0.278. The van der Waals surface area contributed by atoms with E-state index in [-0.39, 0.29) is 6.29 Å². The van der Waals surface area contributed by atoms with E-state index >= 15 is 0 Å². The van der Waals surface area contributed by atoms with Crippen LogP contribution in [0.2, 0.25) is 0 Å². The number of hydrogen-bond donors (Lipinski definition) is 0. The molecule has 0 aromatic carbocycles. The van der Waals surface area contributed by atoms with E-state index in [0.29, 0.717) is 21.8 Å². The second kappa shape index (κ2) is 8.51. The number of hydrogen-bond acceptors (Lipinski definition) is 4. The Labute approximate surface area is 70.8 Å². The van der Waals surface area contributed by atoms with Gasteiger partial charge >= 0.3 is 0 Å². The van der Waals surface area contributed by atoms with Gasteiger partial charge in [0.15, 0.2) is 14.9 Å². The molecule has 6 heteroatoms. The first-order valence-corrected chi connectivity index (χ1v) is 4.49. The molecule has 2 unspecified atom stereocenters. The number of methoxy groups -OCH3 is 1. The summed E-state index contributed by atoms with van der Waals surface area (Å²) in [6.07, 6.45) is -0.278. The zero-order valence-corrected chi connectivity index (χ0v) is 8.74. The number of nitrogens with zero attached hydrogens (tertiary/aromatic N) is 1. The summed E-state index contributed by atoms with van der Waals surface area (Å²) in [4.78, 5) is 0. The maximum Gasteiger partial charge on any atom is 0.181 e. The van der Waals surface area contributed by atoms with Crippen LogP contribution in [0.4, 0.5) is 0 Å². The molecule has 0 aliphatic heterocycles. The van der Waals surface area contributed by atoms with E-state index in [1.54, 1.807) is 7.11 Å². The van der Waals surface area contributed by atoms with E-state index in [1.165, 1.54) is 0 Å². The van der Waals surface area contributed by atoms with Crippen molar-refractivity contribution < 1.29 is 14.0 Å². The third kappa shape index (κ3) is 6.79. The molecule has 0 aromatic heterocycles. The van der Waals surface area contributed by atoms with E-state index in [2.05, 4.69) is 13.9 Å². The average molecular weight is 197 g/mol. The van der Waals surface area contributed by atoms with Crippen molar-refractivity contribution in [1.82, 2.24) is 0 Å². The van der Waals surface area contributed by atoms with Crippen LogP contribution in [-0.2, 0) is 14.0 Å². The molecule has 0 radical (unpaired) electrons. The summed E-state index contributed by atoms with van der Waals surface area (Å²) < 4.78 is 18.8. The van der Waals surface area contributed by atoms with E-state index < -0.39 is 0 Å². The summed E-state index contributed by atoms with van der Waals surface area (Å²) in [5.74, 6) is 0. The zero-order chi connectivity index (χ0) is 8.53. The van der Waals surface area contributed by atoms with Gasteiger partial charge in [-0.3, -0.25) is 0 Å². The lowest BCUT2D eigenvalue weighted by Crippen LogP contribution is -2.19. The molecular weight excluding hydrogens is 184 g/mol. The Balaban J connectivity index is 3.35. The van der Waals surface area contributed by atoms with Crippen LogP contribution in [0.25, 0.3) is 0 Å². The molecule has 0 amide bonds. The molecule has 2 atom stereocenters. The highest BCUT2D eigenvalue weighted by molar-refractivity contribution is 7.31. The highest BCUT2D eigenvalue weighted by atomic mass is 31.1. The van der Waals surface area contributed by atoms with Crippen LogP contribution in [0.3, 0.4) is 0 Å². The lowest BCUT2D eigenvalue weighted by atomic mass is 10.7. The van der Waals surface area contributed by atoms with Gasteiger partial charge in [-0.25, -0.2) is 4.52 Å². The predicted molar refractivity (Wildman–Crippen MR) is 47.4 cm³/mol. The Morgan fingerprint density at radius 2 is 2.36 bits per heavy atom. The highest BCUT2D eigenvalue weighted by Gasteiger charge is 2.04. The van der Waals surface area contributed by atoms with Crippen molar-refractivity contribution >= 4 is 18.0 Å². The van der Waals surface area contributed by atoms with Gasteiger partial charge in [0.25, 0.3) is 0 Å². The van der Waals surface area contributed by atoms with Crippen molar-refractivity contribution in [2.45, 2.75) is 13.2 Å². The highest BCUT2D eigenvalue weighted by Crippen LogP contribution is 2.07. The summed E-state index contributed by atoms with van der Waals surface area (Å²) >= 11 is 0. The average Bonchev–Trinajstić information content (AvgIpc) is 2.03. The molecule has 0 aliphatic carbocycles. The second-order valence-electron chi connectivity index (χ2n) is 1.61. The van der Waals surface area contributed by atoms with Gasteiger partial charge in [0.2, 0.25) is 0 Å². The molecule has 66 valence electrons. The minimum Gasteiger partial charge on any atom is -0.354 e. The van der Waals surface area contributed by atoms with Gasteiger partial charge < -0.3 is 14.0 Å². The lowest BCUT2D eigenvalue weighted by Gasteiger charge is -2.12. The monoisotopic (exact) mass is 197 g/mol. The normalized spacial score (nSPS) is 14.1. The molecule has 0 saturated carbocycles. The van der Waals surface area contributed by atoms with Crippen LogP contribution in [-0.4, -0.2) is 26.6 Å². The molecule has 0 saturated heterocycles. The lowest BCUT2D eigenvalue weighted by molar-refractivity contribution is -0.136. The molecule has 0 N–H and O–H groups in total. The standard InChI is InChI=1S/C5H13NO3P2/c1-3-8-5(7-2)4-9-11-6-10/h5H,3-4,10H2,1-2H3. The van der Waals surface area contributed by atoms with Crippen LogP contribution in [0.5, 0.6) is 0 Å². The molecule has 0 rings (SSSR count). The van der Waals surface area contributed by atoms with E-state index in [1.807, 2.05) is 6.92 Å². The third-order valence-electron chi connectivity index (χ3n) is 0.931. The Kier molecular flexibility index (Phi) is 8.82. The fourth-order valence-electron chi connectivity index (χ4n) is 0.498. The molecular formula is C5H13NO3P2. The summed E-state index contributed by atoms with van der Waals surface area (Å²) in [5, 5.41) is 0. The van der Waals surface area contributed by atoms with Crippen molar-refractivity contribution in [3.63, 3.8) is 0 Å². The van der Waals surface area contributed by atoms with Crippen LogP contribution in [0.15, 0.2) is 4.52 Å². The fraction of sp³-hybridized carbons (Fsp3) is 1.00. The summed E-state index contributed by atoms with van der Waals surface area (Å²) in [7, 11) is 4.37. The topological polar surface area (TPSA) is 40.0 Å². The first-order valence-electron chi connectivity index (χ1n) is 3.21. The van der Waals surface area contributed by atoms with Gasteiger partial charge in [-0.1, -0.05) is 0 Å². The molecule has 0 heterocycles. The maximum atomic E-state index is 5.14. The first-order chi connectivity index (χ1) is 5.35. The van der Waals surface area contributed by atoms with Crippen molar-refractivity contribution in [2.24, 2.45) is 4.52 Å². The molecule has 4 nitrogen and oxygen atoms in total. The van der Waals surface area contributed by atoms with Gasteiger partial charge in [0.05, 0.1) is 0 Å². The van der Waals surface area contributed by atoms with Gasteiger partial charge in [-0.15, -0.1) is 0 Å². The maximum absolute atomic E-state index is 5.14. The third-order valence-corrected chi connectivity index (χ3v) is 1.57. The van der Waals surface area contributed by atoms with Crippen LogP contribution in [0, 0.1) is 0 Å². The second-order valence-corrected chi connectivity index (χ2v) is 2.96. The largest absolute Gasteiger partial charge is 0.354 e. The number of ether oxygens (including phenoxy) is 2. The summed E-state index contributed by atoms with van der Waals surface area (Å²) in [6.45, 7) is 2.93. The van der Waals surface area contributed by atoms with Crippen molar-refractivity contribution in [3.8, 4) is 0 Å². The first kappa shape index (κ1) is 11.4. The van der Waals surface area contributed by atoms with E-state index in [4.69, 9.17) is 14.0 Å². The van der Waals surface area contributed by atoms with Crippen LogP contribution >= 0.6 is 18.0 Å². The Morgan fingerprint density at radius 1 is 1.64 bits per heavy atom. The molecule has 11 heavy (non-hydrogen) atoms. The van der Waals surface area contributed by atoms with Gasteiger partial charge in [0.1, 0.15) is 6.61 Å². The van der Waals surface area contributed by atoms with Crippen molar-refractivity contribution in [3.05, 3.63) is 0 Å². The van der Waals surface area contributed by atoms with Crippen LogP contribution < -0.4 is 0 Å². The molecule has 0 fully saturated rings. The Morgan fingerprint density at radius 3 is 2.82 bits per heavy atom. The summed E-state index contributed by atoms with van der Waals surface area (Å²) in [6, 6.07) is 0. The Bertz CT molecular complexity index is 112. The summed E-state index contributed by atoms with van der Waals surface area (Å²) in [5.41, 5.74) is 0. The SMILES string of the molecule is CCOC(COP=NP)OC.